The molecule has 0 atom stereocenters. The number of rotatable bonds is 4. The summed E-state index contributed by atoms with van der Waals surface area (Å²) in [4.78, 5) is 12.7. The molecule has 25 heavy (non-hydrogen) atoms. The van der Waals surface area contributed by atoms with Gasteiger partial charge in [0, 0.05) is 10.9 Å². The molecule has 1 heterocycles. The van der Waals surface area contributed by atoms with E-state index in [4.69, 9.17) is 37.9 Å². The summed E-state index contributed by atoms with van der Waals surface area (Å²) in [6.45, 7) is -0.00973. The number of nitrogens with zero attached hydrogens (tertiary/aromatic N) is 1. The van der Waals surface area contributed by atoms with Crippen LogP contribution in [0.5, 0.6) is 5.75 Å². The van der Waals surface area contributed by atoms with E-state index in [0.717, 1.165) is 11.3 Å². The first-order valence-corrected chi connectivity index (χ1v) is 8.73. The molecule has 0 aliphatic rings. The van der Waals surface area contributed by atoms with E-state index in [2.05, 4.69) is 6.07 Å². The Morgan fingerprint density at radius 2 is 1.96 bits per heavy atom. The van der Waals surface area contributed by atoms with Crippen molar-refractivity contribution in [3.63, 3.8) is 0 Å². The first-order valence-electron chi connectivity index (χ1n) is 7.16. The molecule has 0 aliphatic heterocycles. The lowest BCUT2D eigenvalue weighted by atomic mass is 10.1. The summed E-state index contributed by atoms with van der Waals surface area (Å²) < 4.78 is 11.2. The monoisotopic (exact) mass is 391 g/mol. The Hall–Kier alpha value is -2.26. The smallest absolute Gasteiger partial charge is 0.350 e. The highest BCUT2D eigenvalue weighted by molar-refractivity contribution is 7.22. The van der Waals surface area contributed by atoms with Crippen molar-refractivity contribution in [1.29, 1.82) is 5.26 Å². The second-order valence-electron chi connectivity index (χ2n) is 5.05. The SMILES string of the molecule is COc1ccc2c(Cl)c(C(=O)OCc3ccccc3C#N)sc2c1Cl. The largest absolute Gasteiger partial charge is 0.495 e. The fourth-order valence-electron chi connectivity index (χ4n) is 2.33. The fraction of sp³-hybridized carbons (Fsp3) is 0.111. The summed E-state index contributed by atoms with van der Waals surface area (Å²) in [5.74, 6) is -0.0519. The van der Waals surface area contributed by atoms with Crippen molar-refractivity contribution in [1.82, 2.24) is 0 Å². The highest BCUT2D eigenvalue weighted by Gasteiger charge is 2.21. The molecule has 4 nitrogen and oxygen atoms in total. The predicted octanol–water partition coefficient (Wildman–Crippen LogP) is 5.45. The molecule has 1 aromatic heterocycles. The van der Waals surface area contributed by atoms with E-state index in [1.807, 2.05) is 0 Å². The van der Waals surface area contributed by atoms with Gasteiger partial charge in [-0.1, -0.05) is 41.4 Å². The molecule has 0 spiro atoms. The highest BCUT2D eigenvalue weighted by Crippen LogP contribution is 2.43. The number of hydrogen-bond donors (Lipinski definition) is 0. The molecule has 0 saturated heterocycles. The van der Waals surface area contributed by atoms with Crippen molar-refractivity contribution in [2.45, 2.75) is 6.61 Å². The van der Waals surface area contributed by atoms with Crippen LogP contribution in [0.4, 0.5) is 0 Å². The predicted molar refractivity (Wildman–Crippen MR) is 98.7 cm³/mol. The van der Waals surface area contributed by atoms with Crippen LogP contribution in [-0.2, 0) is 11.3 Å². The van der Waals surface area contributed by atoms with Crippen LogP contribution >= 0.6 is 34.5 Å². The summed E-state index contributed by atoms with van der Waals surface area (Å²) in [7, 11) is 1.52. The maximum Gasteiger partial charge on any atom is 0.350 e. The van der Waals surface area contributed by atoms with E-state index in [-0.39, 0.29) is 11.5 Å². The van der Waals surface area contributed by atoms with Crippen LogP contribution in [0, 0.1) is 11.3 Å². The van der Waals surface area contributed by atoms with Crippen LogP contribution in [0.3, 0.4) is 0 Å². The molecule has 0 aliphatic carbocycles. The van der Waals surface area contributed by atoms with Crippen molar-refractivity contribution in [2.24, 2.45) is 0 Å². The van der Waals surface area contributed by atoms with Crippen LogP contribution < -0.4 is 4.74 Å². The van der Waals surface area contributed by atoms with Crippen LogP contribution in [-0.4, -0.2) is 13.1 Å². The van der Waals surface area contributed by atoms with Gasteiger partial charge in [-0.3, -0.25) is 0 Å². The third kappa shape index (κ3) is 3.29. The van der Waals surface area contributed by atoms with Gasteiger partial charge < -0.3 is 9.47 Å². The summed E-state index contributed by atoms with van der Waals surface area (Å²) >= 11 is 13.8. The standard InChI is InChI=1S/C18H11Cl2NO3S/c1-23-13-7-6-12-14(19)17(25-16(12)15(13)20)18(22)24-9-11-5-3-2-4-10(11)8-21/h2-7H,9H2,1H3. The molecule has 0 saturated carbocycles. The Morgan fingerprint density at radius 3 is 2.68 bits per heavy atom. The van der Waals surface area contributed by atoms with Crippen LogP contribution in [0.15, 0.2) is 36.4 Å². The average Bonchev–Trinajstić information content (AvgIpc) is 2.98. The minimum atomic E-state index is -0.561. The summed E-state index contributed by atoms with van der Waals surface area (Å²) in [6.07, 6.45) is 0. The van der Waals surface area contributed by atoms with Crippen molar-refractivity contribution >= 4 is 50.6 Å². The number of carbonyl (C=O) groups excluding carboxylic acids is 1. The van der Waals surface area contributed by atoms with E-state index in [0.29, 0.717) is 37.0 Å². The maximum atomic E-state index is 12.4. The molecule has 0 unspecified atom stereocenters. The molecule has 3 rings (SSSR count). The van der Waals surface area contributed by atoms with Gasteiger partial charge in [-0.15, -0.1) is 11.3 Å². The van der Waals surface area contributed by atoms with Gasteiger partial charge in [0.25, 0.3) is 0 Å². The van der Waals surface area contributed by atoms with Gasteiger partial charge in [0.15, 0.2) is 0 Å². The Morgan fingerprint density at radius 1 is 1.20 bits per heavy atom. The number of carbonyl (C=O) groups is 1. The molecule has 0 radical (unpaired) electrons. The van der Waals surface area contributed by atoms with E-state index in [1.54, 1.807) is 36.4 Å². The van der Waals surface area contributed by atoms with Crippen molar-refractivity contribution in [3.8, 4) is 11.8 Å². The van der Waals surface area contributed by atoms with E-state index < -0.39 is 5.97 Å². The molecule has 3 aromatic rings. The summed E-state index contributed by atoms with van der Waals surface area (Å²) in [5.41, 5.74) is 1.10. The van der Waals surface area contributed by atoms with Gasteiger partial charge in [0.05, 0.1) is 28.5 Å². The van der Waals surface area contributed by atoms with E-state index in [1.165, 1.54) is 7.11 Å². The normalized spacial score (nSPS) is 10.5. The van der Waals surface area contributed by atoms with Gasteiger partial charge in [0.2, 0.25) is 0 Å². The lowest BCUT2D eigenvalue weighted by Crippen LogP contribution is -2.04. The third-order valence-corrected chi connectivity index (χ3v) is 5.80. The quantitative estimate of drug-likeness (QED) is 0.555. The van der Waals surface area contributed by atoms with Gasteiger partial charge >= 0.3 is 5.97 Å². The topological polar surface area (TPSA) is 59.3 Å². The molecular weight excluding hydrogens is 381 g/mol. The number of thiophene rings is 1. The van der Waals surface area contributed by atoms with Crippen LogP contribution in [0.25, 0.3) is 10.1 Å². The highest BCUT2D eigenvalue weighted by atomic mass is 35.5. The fourth-order valence-corrected chi connectivity index (χ4v) is 4.11. The zero-order valence-electron chi connectivity index (χ0n) is 13.0. The van der Waals surface area contributed by atoms with Crippen LogP contribution in [0.2, 0.25) is 10.0 Å². The second kappa shape index (κ2) is 7.32. The Kier molecular flexibility index (Phi) is 5.14. The number of methoxy groups -OCH3 is 1. The van der Waals surface area contributed by atoms with E-state index >= 15 is 0 Å². The Labute approximate surface area is 158 Å². The number of ether oxygens (including phenoxy) is 2. The zero-order valence-corrected chi connectivity index (χ0v) is 15.3. The number of esters is 1. The minimum Gasteiger partial charge on any atom is -0.495 e. The number of benzene rings is 2. The maximum absolute atomic E-state index is 12.4. The van der Waals surface area contributed by atoms with E-state index in [9.17, 15) is 4.79 Å². The molecule has 0 N–H and O–H groups in total. The first-order chi connectivity index (χ1) is 12.1. The molecular formula is C18H11Cl2NO3S. The average molecular weight is 392 g/mol. The molecule has 0 fully saturated rings. The Balaban J connectivity index is 1.89. The second-order valence-corrected chi connectivity index (χ2v) is 6.83. The van der Waals surface area contributed by atoms with Crippen LogP contribution in [0.1, 0.15) is 20.8 Å². The number of nitriles is 1. The van der Waals surface area contributed by atoms with Gasteiger partial charge in [-0.2, -0.15) is 5.26 Å². The molecule has 0 bridgehead atoms. The molecule has 7 heteroatoms. The van der Waals surface area contributed by atoms with Gasteiger partial charge in [0.1, 0.15) is 22.3 Å². The zero-order chi connectivity index (χ0) is 18.0. The van der Waals surface area contributed by atoms with Gasteiger partial charge in [-0.25, -0.2) is 4.79 Å². The lowest BCUT2D eigenvalue weighted by molar-refractivity contribution is 0.0478. The number of halogens is 2. The summed E-state index contributed by atoms with van der Waals surface area (Å²) in [5, 5.41) is 10.5. The summed E-state index contributed by atoms with van der Waals surface area (Å²) in [6, 6.07) is 12.4. The molecule has 2 aromatic carbocycles. The van der Waals surface area contributed by atoms with Crippen molar-refractivity contribution in [2.75, 3.05) is 7.11 Å². The number of fused-ring (bicyclic) bond motifs is 1. The van der Waals surface area contributed by atoms with Crippen molar-refractivity contribution < 1.29 is 14.3 Å². The number of hydrogen-bond acceptors (Lipinski definition) is 5. The van der Waals surface area contributed by atoms with Crippen molar-refractivity contribution in [3.05, 3.63) is 62.4 Å². The molecule has 126 valence electrons. The first kappa shape index (κ1) is 17.6. The third-order valence-electron chi connectivity index (χ3n) is 3.60. The molecule has 0 amide bonds. The minimum absolute atomic E-state index is 0.00973. The van der Waals surface area contributed by atoms with Gasteiger partial charge in [-0.05, 0) is 18.2 Å². The Bertz CT molecular complexity index is 1010. The lowest BCUT2D eigenvalue weighted by Gasteiger charge is -2.05.